The average molecular weight is 790 g/mol. The van der Waals surface area contributed by atoms with Gasteiger partial charge in [0.15, 0.2) is 5.13 Å². The van der Waals surface area contributed by atoms with E-state index in [9.17, 15) is 29.1 Å². The highest BCUT2D eigenvalue weighted by molar-refractivity contribution is 7.14. The molecule has 6 atom stereocenters. The molecule has 1 saturated carbocycles. The smallest absolute Gasteiger partial charge is 0.330 e. The number of carbonyl (C=O) groups excluding carboxylic acids is 4. The van der Waals surface area contributed by atoms with E-state index in [1.165, 1.54) is 23.2 Å². The number of aromatic nitrogens is 2. The summed E-state index contributed by atoms with van der Waals surface area (Å²) in [5.41, 5.74) is -0.187. The molecule has 0 radical (unpaired) electrons. The Morgan fingerprint density at radius 2 is 1.89 bits per heavy atom. The minimum absolute atomic E-state index is 0.00278. The molecule has 2 aliphatic heterocycles. The number of ether oxygens (including phenoxy) is 2. The SMILES string of the molecule is COc1ccc2c(O[C@@H]3C[C@H]4C(=O)N[C@]5(C(=O)O)C[C@H]5/C=C\CCCCC[C@@H](NC(=O)N[C@@H](C)C(C)(C)C)C(=O)N4C3)cc(-c3csc(NC(C)=O)n3)nc2c1. The van der Waals surface area contributed by atoms with Crippen LogP contribution in [0.4, 0.5) is 9.93 Å². The molecule has 5 N–H and O–H groups in total. The van der Waals surface area contributed by atoms with E-state index in [0.717, 1.165) is 19.3 Å². The summed E-state index contributed by atoms with van der Waals surface area (Å²) in [7, 11) is 1.55. The first-order valence-corrected chi connectivity index (χ1v) is 19.9. The summed E-state index contributed by atoms with van der Waals surface area (Å²) in [6, 6.07) is 4.37. The van der Waals surface area contributed by atoms with E-state index in [1.54, 1.807) is 30.7 Å². The minimum Gasteiger partial charge on any atom is -0.497 e. The van der Waals surface area contributed by atoms with Gasteiger partial charge >= 0.3 is 12.0 Å². The number of methoxy groups -OCH3 is 1. The van der Waals surface area contributed by atoms with Gasteiger partial charge in [0.2, 0.25) is 17.7 Å². The van der Waals surface area contributed by atoms with Crippen molar-refractivity contribution in [3.8, 4) is 22.9 Å². The van der Waals surface area contributed by atoms with Crippen molar-refractivity contribution in [3.63, 3.8) is 0 Å². The Kier molecular flexibility index (Phi) is 11.9. The van der Waals surface area contributed by atoms with Crippen molar-refractivity contribution in [2.75, 3.05) is 19.0 Å². The van der Waals surface area contributed by atoms with Crippen molar-refractivity contribution in [1.29, 1.82) is 0 Å². The molecule has 6 rings (SSSR count). The molecular weight excluding hydrogens is 739 g/mol. The van der Waals surface area contributed by atoms with Crippen LogP contribution in [0, 0.1) is 11.3 Å². The third kappa shape index (κ3) is 9.06. The topological polar surface area (TPSA) is 201 Å². The van der Waals surface area contributed by atoms with Crippen molar-refractivity contribution in [2.24, 2.45) is 11.3 Å². The zero-order valence-electron chi connectivity index (χ0n) is 32.6. The molecule has 3 aromatic rings. The number of pyridine rings is 1. The van der Waals surface area contributed by atoms with Crippen molar-refractivity contribution in [1.82, 2.24) is 30.8 Å². The molecule has 0 spiro atoms. The van der Waals surface area contributed by atoms with Crippen LogP contribution < -0.4 is 30.7 Å². The molecule has 2 fully saturated rings. The predicted octanol–water partition coefficient (Wildman–Crippen LogP) is 5.26. The average Bonchev–Trinajstić information content (AvgIpc) is 3.40. The number of carboxylic acids is 1. The standard InChI is InChI=1S/C40H51N7O8S/c1-22(39(3,4)5)41-37(53)44-28-13-11-9-7-8-10-12-24-19-40(24,36(51)52)46-34(49)32-17-26(20-47(32)35(28)50)55-33-18-30(31-21-56-38(45-31)42-23(2)48)43-29-16-25(54-6)14-15-27(29)33/h10,12,14-16,18,21-22,24,26,28,32H,7-9,11,13,17,19-20H2,1-6H3,(H,46,49)(H,51,52)(H2,41,44,53)(H,42,45,48)/b12-10-/t22-,24+,26+,28+,32-,40+/m0/s1. The van der Waals surface area contributed by atoms with E-state index >= 15 is 0 Å². The summed E-state index contributed by atoms with van der Waals surface area (Å²) in [6.07, 6.45) is 6.80. The highest BCUT2D eigenvalue weighted by Gasteiger charge is 2.61. The van der Waals surface area contributed by atoms with Crippen molar-refractivity contribution < 1.29 is 38.6 Å². The van der Waals surface area contributed by atoms with Crippen LogP contribution in [0.3, 0.4) is 0 Å². The molecule has 4 heterocycles. The van der Waals surface area contributed by atoms with E-state index in [0.29, 0.717) is 51.8 Å². The summed E-state index contributed by atoms with van der Waals surface area (Å²) in [5, 5.41) is 24.4. The molecular formula is C40H51N7O8S. The molecule has 300 valence electrons. The van der Waals surface area contributed by atoms with Crippen LogP contribution in [-0.4, -0.2) is 93.1 Å². The monoisotopic (exact) mass is 789 g/mol. The Balaban J connectivity index is 1.34. The van der Waals surface area contributed by atoms with Gasteiger partial charge in [-0.1, -0.05) is 45.8 Å². The van der Waals surface area contributed by atoms with Crippen LogP contribution in [0.5, 0.6) is 11.5 Å². The number of hydrogen-bond acceptors (Lipinski definition) is 10. The summed E-state index contributed by atoms with van der Waals surface area (Å²) in [5.74, 6) is -1.81. The Labute approximate surface area is 330 Å². The molecule has 0 bridgehead atoms. The molecule has 5 amide bonds. The van der Waals surface area contributed by atoms with Gasteiger partial charge in [0, 0.05) is 48.2 Å². The van der Waals surface area contributed by atoms with Gasteiger partial charge in [-0.25, -0.2) is 19.6 Å². The molecule has 1 aromatic carbocycles. The van der Waals surface area contributed by atoms with Crippen LogP contribution in [0.15, 0.2) is 41.8 Å². The fourth-order valence-electron chi connectivity index (χ4n) is 7.07. The zero-order valence-corrected chi connectivity index (χ0v) is 33.5. The lowest BCUT2D eigenvalue weighted by molar-refractivity contribution is -0.145. The van der Waals surface area contributed by atoms with Crippen LogP contribution in [0.1, 0.15) is 79.6 Å². The maximum atomic E-state index is 14.6. The predicted molar refractivity (Wildman–Crippen MR) is 211 cm³/mol. The van der Waals surface area contributed by atoms with Crippen LogP contribution in [0.25, 0.3) is 22.3 Å². The number of benzene rings is 1. The molecule has 3 aliphatic rings. The summed E-state index contributed by atoms with van der Waals surface area (Å²) >= 11 is 1.25. The Morgan fingerprint density at radius 3 is 2.61 bits per heavy atom. The zero-order chi connectivity index (χ0) is 40.4. The van der Waals surface area contributed by atoms with E-state index in [1.807, 2.05) is 45.9 Å². The fraction of sp³-hybridized carbons (Fsp3) is 0.525. The van der Waals surface area contributed by atoms with Crippen LogP contribution in [-0.2, 0) is 19.2 Å². The number of anilines is 1. The number of rotatable bonds is 8. The van der Waals surface area contributed by atoms with E-state index in [2.05, 4.69) is 26.3 Å². The first kappa shape index (κ1) is 40.4. The lowest BCUT2D eigenvalue weighted by Crippen LogP contribution is -2.58. The first-order valence-electron chi connectivity index (χ1n) is 19.1. The third-order valence-electron chi connectivity index (χ3n) is 10.9. The Morgan fingerprint density at radius 1 is 1.11 bits per heavy atom. The minimum atomic E-state index is -1.47. The highest BCUT2D eigenvalue weighted by atomic mass is 32.1. The molecule has 2 aromatic heterocycles. The number of carboxylic acid groups (broad SMARTS) is 1. The van der Waals surface area contributed by atoms with Gasteiger partial charge in [0.05, 0.1) is 24.9 Å². The van der Waals surface area contributed by atoms with Gasteiger partial charge in [-0.3, -0.25) is 14.4 Å². The third-order valence-corrected chi connectivity index (χ3v) is 11.7. The lowest BCUT2D eigenvalue weighted by Gasteiger charge is -2.31. The van der Waals surface area contributed by atoms with Gasteiger partial charge in [-0.15, -0.1) is 11.3 Å². The van der Waals surface area contributed by atoms with Gasteiger partial charge < -0.3 is 40.7 Å². The van der Waals surface area contributed by atoms with Gasteiger partial charge in [-0.2, -0.15) is 0 Å². The van der Waals surface area contributed by atoms with Gasteiger partial charge in [0.1, 0.15) is 40.9 Å². The molecule has 1 aliphatic carbocycles. The van der Waals surface area contributed by atoms with Gasteiger partial charge in [0.25, 0.3) is 0 Å². The highest BCUT2D eigenvalue weighted by Crippen LogP contribution is 2.45. The van der Waals surface area contributed by atoms with Crippen LogP contribution >= 0.6 is 11.3 Å². The molecule has 16 heteroatoms. The molecule has 56 heavy (non-hydrogen) atoms. The van der Waals surface area contributed by atoms with Crippen molar-refractivity contribution >= 4 is 57.1 Å². The number of thiazole rings is 1. The van der Waals surface area contributed by atoms with Gasteiger partial charge in [-0.05, 0) is 50.2 Å². The first-order chi connectivity index (χ1) is 26.6. The summed E-state index contributed by atoms with van der Waals surface area (Å²) in [4.78, 5) is 77.1. The number of nitrogens with one attached hydrogen (secondary N) is 4. The molecule has 0 unspecified atom stereocenters. The maximum absolute atomic E-state index is 14.6. The number of fused-ring (bicyclic) bond motifs is 3. The summed E-state index contributed by atoms with van der Waals surface area (Å²) < 4.78 is 12.1. The molecule has 1 saturated heterocycles. The van der Waals surface area contributed by atoms with Crippen molar-refractivity contribution in [3.05, 3.63) is 41.8 Å². The Bertz CT molecular complexity index is 2030. The second-order valence-corrected chi connectivity index (χ2v) is 16.8. The normalized spacial score (nSPS) is 25.4. The van der Waals surface area contributed by atoms with E-state index < -0.39 is 47.5 Å². The van der Waals surface area contributed by atoms with E-state index in [4.69, 9.17) is 14.5 Å². The van der Waals surface area contributed by atoms with Crippen LogP contribution in [0.2, 0.25) is 0 Å². The lowest BCUT2D eigenvalue weighted by atomic mass is 9.88. The maximum Gasteiger partial charge on any atom is 0.330 e. The number of nitrogens with zero attached hydrogens (tertiary/aromatic N) is 3. The van der Waals surface area contributed by atoms with Crippen molar-refractivity contribution in [2.45, 2.75) is 109 Å². The summed E-state index contributed by atoms with van der Waals surface area (Å²) in [6.45, 7) is 9.32. The fourth-order valence-corrected chi connectivity index (χ4v) is 7.82. The number of amides is 5. The second kappa shape index (κ2) is 16.5. The largest absolute Gasteiger partial charge is 0.497 e. The number of allylic oxidation sites excluding steroid dienone is 1. The number of aliphatic carboxylic acids is 1. The number of hydrogen-bond donors (Lipinski definition) is 5. The molecule has 15 nitrogen and oxygen atoms in total. The number of urea groups is 1. The quantitative estimate of drug-likeness (QED) is 0.188. The Hall–Kier alpha value is -5.25. The second-order valence-electron chi connectivity index (χ2n) is 16.0. The number of carbonyl (C=O) groups is 5. The van der Waals surface area contributed by atoms with E-state index in [-0.39, 0.29) is 42.7 Å².